The Morgan fingerprint density at radius 1 is 1.31 bits per heavy atom. The van der Waals surface area contributed by atoms with Gasteiger partial charge in [0.05, 0.1) is 10.7 Å². The quantitative estimate of drug-likeness (QED) is 0.616. The Morgan fingerprint density at radius 3 is 2.69 bits per heavy atom. The van der Waals surface area contributed by atoms with Crippen LogP contribution >= 0.6 is 28.6 Å². The van der Waals surface area contributed by atoms with Crippen LogP contribution < -0.4 is 0 Å². The SMILES string of the molecule is SCCCCCCn1cc(Br)cn1. The van der Waals surface area contributed by atoms with Gasteiger partial charge in [0, 0.05) is 12.7 Å². The van der Waals surface area contributed by atoms with Gasteiger partial charge in [0.2, 0.25) is 0 Å². The maximum absolute atomic E-state index is 4.19. The molecule has 74 valence electrons. The molecule has 1 aromatic heterocycles. The molecule has 0 aromatic carbocycles. The van der Waals surface area contributed by atoms with Crippen LogP contribution in [0.4, 0.5) is 0 Å². The number of rotatable bonds is 6. The minimum absolute atomic E-state index is 1.01. The van der Waals surface area contributed by atoms with Crippen molar-refractivity contribution in [3.63, 3.8) is 0 Å². The van der Waals surface area contributed by atoms with E-state index in [4.69, 9.17) is 0 Å². The number of unbranched alkanes of at least 4 members (excludes halogenated alkanes) is 3. The molecule has 0 N–H and O–H groups in total. The van der Waals surface area contributed by atoms with Crippen LogP contribution in [0.3, 0.4) is 0 Å². The second kappa shape index (κ2) is 6.49. The van der Waals surface area contributed by atoms with Gasteiger partial charge >= 0.3 is 0 Å². The van der Waals surface area contributed by atoms with Crippen molar-refractivity contribution in [3.05, 3.63) is 16.9 Å². The van der Waals surface area contributed by atoms with Crippen LogP contribution in [-0.2, 0) is 6.54 Å². The first kappa shape index (κ1) is 11.1. The highest BCUT2D eigenvalue weighted by Gasteiger charge is 1.94. The molecule has 4 heteroatoms. The molecule has 1 aromatic rings. The Morgan fingerprint density at radius 2 is 2.08 bits per heavy atom. The molecular formula is C9H15BrN2S. The molecule has 0 radical (unpaired) electrons. The first-order chi connectivity index (χ1) is 6.33. The summed E-state index contributed by atoms with van der Waals surface area (Å²) < 4.78 is 3.04. The predicted molar refractivity (Wildman–Crippen MR) is 62.2 cm³/mol. The summed E-state index contributed by atoms with van der Waals surface area (Å²) >= 11 is 7.54. The zero-order valence-corrected chi connectivity index (χ0v) is 10.1. The molecule has 2 nitrogen and oxygen atoms in total. The normalized spacial score (nSPS) is 10.6. The van der Waals surface area contributed by atoms with Gasteiger partial charge < -0.3 is 0 Å². The fourth-order valence-electron chi connectivity index (χ4n) is 1.20. The summed E-state index contributed by atoms with van der Waals surface area (Å²) in [4.78, 5) is 0. The fraction of sp³-hybridized carbons (Fsp3) is 0.667. The molecule has 0 amide bonds. The van der Waals surface area contributed by atoms with Crippen molar-refractivity contribution in [2.45, 2.75) is 32.2 Å². The Kier molecular flexibility index (Phi) is 5.55. The molecule has 0 aliphatic carbocycles. The fourth-order valence-corrected chi connectivity index (χ4v) is 1.75. The monoisotopic (exact) mass is 262 g/mol. The van der Waals surface area contributed by atoms with Crippen molar-refractivity contribution in [2.75, 3.05) is 5.75 Å². The van der Waals surface area contributed by atoms with Gasteiger partial charge in [-0.15, -0.1) is 0 Å². The Labute approximate surface area is 93.3 Å². The maximum Gasteiger partial charge on any atom is 0.0632 e. The summed E-state index contributed by atoms with van der Waals surface area (Å²) in [5.74, 6) is 1.01. The van der Waals surface area contributed by atoms with E-state index in [1.54, 1.807) is 0 Å². The van der Waals surface area contributed by atoms with E-state index in [9.17, 15) is 0 Å². The maximum atomic E-state index is 4.19. The molecule has 0 spiro atoms. The molecule has 0 aliphatic heterocycles. The third-order valence-electron chi connectivity index (χ3n) is 1.90. The van der Waals surface area contributed by atoms with Crippen LogP contribution in [-0.4, -0.2) is 15.5 Å². The van der Waals surface area contributed by atoms with Gasteiger partial charge in [-0.05, 0) is 34.5 Å². The molecule has 0 saturated carbocycles. The first-order valence-electron chi connectivity index (χ1n) is 4.62. The zero-order chi connectivity index (χ0) is 9.52. The molecule has 0 aliphatic rings. The minimum atomic E-state index is 1.01. The zero-order valence-electron chi connectivity index (χ0n) is 7.62. The van der Waals surface area contributed by atoms with Gasteiger partial charge in [0.1, 0.15) is 0 Å². The lowest BCUT2D eigenvalue weighted by Gasteiger charge is -2.00. The highest BCUT2D eigenvalue weighted by atomic mass is 79.9. The molecule has 1 rings (SSSR count). The Balaban J connectivity index is 2.06. The molecule has 0 fully saturated rings. The van der Waals surface area contributed by atoms with Gasteiger partial charge in [-0.3, -0.25) is 4.68 Å². The van der Waals surface area contributed by atoms with Crippen LogP contribution in [0.15, 0.2) is 16.9 Å². The van der Waals surface area contributed by atoms with E-state index in [0.717, 1.165) is 16.8 Å². The van der Waals surface area contributed by atoms with Gasteiger partial charge in [-0.1, -0.05) is 12.8 Å². The summed E-state index contributed by atoms with van der Waals surface area (Å²) in [5.41, 5.74) is 0. The highest BCUT2D eigenvalue weighted by molar-refractivity contribution is 9.10. The van der Waals surface area contributed by atoms with Gasteiger partial charge in [-0.25, -0.2) is 0 Å². The Bertz CT molecular complexity index is 237. The molecule has 0 unspecified atom stereocenters. The van der Waals surface area contributed by atoms with E-state index in [2.05, 4.69) is 33.7 Å². The van der Waals surface area contributed by atoms with Crippen molar-refractivity contribution >= 4 is 28.6 Å². The molecular weight excluding hydrogens is 248 g/mol. The number of hydrogen-bond acceptors (Lipinski definition) is 2. The third kappa shape index (κ3) is 4.72. The molecule has 1 heterocycles. The summed E-state index contributed by atoms with van der Waals surface area (Å²) in [5, 5.41) is 4.19. The third-order valence-corrected chi connectivity index (χ3v) is 2.62. The van der Waals surface area contributed by atoms with E-state index in [1.807, 2.05) is 17.1 Å². The lowest BCUT2D eigenvalue weighted by atomic mass is 10.2. The number of halogens is 1. The van der Waals surface area contributed by atoms with Gasteiger partial charge in [0.15, 0.2) is 0 Å². The average Bonchev–Trinajstić information content (AvgIpc) is 2.51. The number of aromatic nitrogens is 2. The predicted octanol–water partition coefficient (Wildman–Crippen LogP) is 3.14. The van der Waals surface area contributed by atoms with Crippen molar-refractivity contribution in [2.24, 2.45) is 0 Å². The van der Waals surface area contributed by atoms with Crippen molar-refractivity contribution in [1.29, 1.82) is 0 Å². The van der Waals surface area contributed by atoms with Crippen LogP contribution in [0.1, 0.15) is 25.7 Å². The lowest BCUT2D eigenvalue weighted by molar-refractivity contribution is 0.542. The average molecular weight is 263 g/mol. The van der Waals surface area contributed by atoms with Crippen LogP contribution in [0.5, 0.6) is 0 Å². The van der Waals surface area contributed by atoms with Crippen LogP contribution in [0, 0.1) is 0 Å². The molecule has 13 heavy (non-hydrogen) atoms. The van der Waals surface area contributed by atoms with Crippen molar-refractivity contribution in [1.82, 2.24) is 9.78 Å². The number of nitrogens with zero attached hydrogens (tertiary/aromatic N) is 2. The van der Waals surface area contributed by atoms with E-state index in [0.29, 0.717) is 0 Å². The standard InChI is InChI=1S/C9H15BrN2S/c10-9-7-11-12(8-9)5-3-1-2-4-6-13/h7-8,13H,1-6H2. The molecule has 0 saturated heterocycles. The lowest BCUT2D eigenvalue weighted by Crippen LogP contribution is -1.97. The summed E-state index contributed by atoms with van der Waals surface area (Å²) in [7, 11) is 0. The van der Waals surface area contributed by atoms with Crippen LogP contribution in [0.2, 0.25) is 0 Å². The second-order valence-electron chi connectivity index (χ2n) is 3.06. The minimum Gasteiger partial charge on any atom is -0.272 e. The van der Waals surface area contributed by atoms with Gasteiger partial charge in [-0.2, -0.15) is 17.7 Å². The number of thiol groups is 1. The molecule has 0 bridgehead atoms. The Hall–Kier alpha value is 0.0400. The first-order valence-corrected chi connectivity index (χ1v) is 6.04. The van der Waals surface area contributed by atoms with Crippen molar-refractivity contribution in [3.8, 4) is 0 Å². The van der Waals surface area contributed by atoms with Crippen molar-refractivity contribution < 1.29 is 0 Å². The largest absolute Gasteiger partial charge is 0.272 e. The second-order valence-corrected chi connectivity index (χ2v) is 4.42. The van der Waals surface area contributed by atoms with E-state index in [1.165, 1.54) is 25.7 Å². The van der Waals surface area contributed by atoms with E-state index in [-0.39, 0.29) is 0 Å². The van der Waals surface area contributed by atoms with Gasteiger partial charge in [0.25, 0.3) is 0 Å². The summed E-state index contributed by atoms with van der Waals surface area (Å²) in [6, 6.07) is 0. The van der Waals surface area contributed by atoms with E-state index >= 15 is 0 Å². The van der Waals surface area contributed by atoms with E-state index < -0.39 is 0 Å². The number of aryl methyl sites for hydroxylation is 1. The summed E-state index contributed by atoms with van der Waals surface area (Å²) in [6.45, 7) is 1.03. The van der Waals surface area contributed by atoms with Crippen LogP contribution in [0.25, 0.3) is 0 Å². The highest BCUT2D eigenvalue weighted by Crippen LogP contribution is 2.08. The smallest absolute Gasteiger partial charge is 0.0632 e. The summed E-state index contributed by atoms with van der Waals surface area (Å²) in [6.07, 6.45) is 8.84. The number of hydrogen-bond donors (Lipinski definition) is 1. The molecule has 0 atom stereocenters. The topological polar surface area (TPSA) is 17.8 Å².